The predicted octanol–water partition coefficient (Wildman–Crippen LogP) is 0.298. The molecule has 4 nitrogen and oxygen atoms in total. The van der Waals surface area contributed by atoms with Crippen LogP contribution in [0.2, 0.25) is 0 Å². The fourth-order valence-electron chi connectivity index (χ4n) is 1.27. The van der Waals surface area contributed by atoms with Crippen LogP contribution in [0, 0.1) is 0 Å². The molecular weight excluding hydrogens is 178 g/mol. The second-order valence-electron chi connectivity index (χ2n) is 2.99. The van der Waals surface area contributed by atoms with Gasteiger partial charge in [-0.25, -0.2) is 0 Å². The van der Waals surface area contributed by atoms with E-state index in [-0.39, 0.29) is 5.78 Å². The van der Waals surface area contributed by atoms with Crippen LogP contribution in [-0.2, 0) is 0 Å². The first-order valence-electron chi connectivity index (χ1n) is 4.51. The number of hydrogen-bond donors (Lipinski definition) is 2. The van der Waals surface area contributed by atoms with Crippen molar-refractivity contribution in [2.75, 3.05) is 13.1 Å². The minimum Gasteiger partial charge on any atom is -0.370 e. The Morgan fingerprint density at radius 3 is 2.79 bits per heavy atom. The van der Waals surface area contributed by atoms with Gasteiger partial charge < -0.3 is 10.6 Å². The van der Waals surface area contributed by atoms with Crippen molar-refractivity contribution in [3.63, 3.8) is 0 Å². The van der Waals surface area contributed by atoms with Gasteiger partial charge in [-0.15, -0.1) is 0 Å². The number of carbonyl (C=O) groups is 1. The van der Waals surface area contributed by atoms with Gasteiger partial charge in [-0.2, -0.15) is 0 Å². The summed E-state index contributed by atoms with van der Waals surface area (Å²) in [7, 11) is 0. The van der Waals surface area contributed by atoms with E-state index >= 15 is 0 Å². The topological polar surface area (TPSA) is 54.0 Å². The van der Waals surface area contributed by atoms with Crippen molar-refractivity contribution in [2.45, 2.75) is 0 Å². The molecule has 0 spiro atoms. The lowest BCUT2D eigenvalue weighted by Gasteiger charge is -1.98. The van der Waals surface area contributed by atoms with Crippen molar-refractivity contribution >= 4 is 5.78 Å². The van der Waals surface area contributed by atoms with E-state index in [1.54, 1.807) is 24.4 Å². The second kappa shape index (κ2) is 3.91. The van der Waals surface area contributed by atoms with E-state index in [4.69, 9.17) is 0 Å². The van der Waals surface area contributed by atoms with Crippen molar-refractivity contribution in [3.8, 4) is 0 Å². The third kappa shape index (κ3) is 1.90. The molecule has 4 heteroatoms. The Hall–Kier alpha value is -1.84. The minimum atomic E-state index is -0.0810. The number of nitrogens with one attached hydrogen (secondary N) is 2. The Morgan fingerprint density at radius 1 is 1.36 bits per heavy atom. The highest BCUT2D eigenvalue weighted by atomic mass is 16.1. The van der Waals surface area contributed by atoms with Gasteiger partial charge in [-0.3, -0.25) is 9.78 Å². The zero-order valence-electron chi connectivity index (χ0n) is 7.66. The molecule has 2 N–H and O–H groups in total. The van der Waals surface area contributed by atoms with Gasteiger partial charge in [0.15, 0.2) is 0 Å². The first-order chi connectivity index (χ1) is 6.86. The molecular formula is C10H11N3O. The van der Waals surface area contributed by atoms with Crippen LogP contribution in [0.5, 0.6) is 0 Å². The third-order valence-electron chi connectivity index (χ3n) is 1.95. The van der Waals surface area contributed by atoms with Crippen LogP contribution < -0.4 is 10.6 Å². The Bertz CT molecular complexity index is 351. The fraction of sp³-hybridized carbons (Fsp3) is 0.200. The maximum atomic E-state index is 11.6. The van der Waals surface area contributed by atoms with Crippen molar-refractivity contribution in [2.24, 2.45) is 0 Å². The number of ketones is 1. The third-order valence-corrected chi connectivity index (χ3v) is 1.95. The average molecular weight is 189 g/mol. The summed E-state index contributed by atoms with van der Waals surface area (Å²) >= 11 is 0. The van der Waals surface area contributed by atoms with Gasteiger partial charge in [0.2, 0.25) is 5.78 Å². The van der Waals surface area contributed by atoms with Crippen LogP contribution >= 0.6 is 0 Å². The molecule has 0 unspecified atom stereocenters. The summed E-state index contributed by atoms with van der Waals surface area (Å²) in [4.78, 5) is 15.6. The van der Waals surface area contributed by atoms with Crippen LogP contribution in [0.15, 0.2) is 36.3 Å². The number of nitrogens with zero attached hydrogens (tertiary/aromatic N) is 1. The first kappa shape index (κ1) is 8.74. The molecule has 1 saturated heterocycles. The normalized spacial score (nSPS) is 14.4. The van der Waals surface area contributed by atoms with E-state index in [9.17, 15) is 4.79 Å². The molecule has 1 aliphatic heterocycles. The zero-order chi connectivity index (χ0) is 9.80. The summed E-state index contributed by atoms with van der Waals surface area (Å²) in [6.45, 7) is 1.72. The standard InChI is InChI=1S/C10H11N3O/c14-9(7-10-12-5-6-13-10)8-3-1-2-4-11-8/h1-4,7,12-13H,5-6H2. The maximum Gasteiger partial charge on any atom is 0.207 e. The summed E-state index contributed by atoms with van der Waals surface area (Å²) < 4.78 is 0. The molecule has 0 aliphatic carbocycles. The fourth-order valence-corrected chi connectivity index (χ4v) is 1.27. The highest BCUT2D eigenvalue weighted by molar-refractivity contribution is 6.03. The number of carbonyl (C=O) groups excluding carboxylic acids is 1. The van der Waals surface area contributed by atoms with Gasteiger partial charge in [0.1, 0.15) is 11.5 Å². The van der Waals surface area contributed by atoms with Gasteiger partial charge in [0.05, 0.1) is 0 Å². The molecule has 1 aromatic rings. The van der Waals surface area contributed by atoms with Crippen LogP contribution in [0.25, 0.3) is 0 Å². The highest BCUT2D eigenvalue weighted by Gasteiger charge is 2.08. The molecule has 0 bridgehead atoms. The van der Waals surface area contributed by atoms with E-state index in [1.807, 2.05) is 0 Å². The number of hydrogen-bond acceptors (Lipinski definition) is 4. The van der Waals surface area contributed by atoms with E-state index in [1.165, 1.54) is 6.08 Å². The highest BCUT2D eigenvalue weighted by Crippen LogP contribution is 1.99. The molecule has 2 rings (SSSR count). The summed E-state index contributed by atoms with van der Waals surface area (Å²) in [6, 6.07) is 5.29. The Balaban J connectivity index is 2.13. The second-order valence-corrected chi connectivity index (χ2v) is 2.99. The van der Waals surface area contributed by atoms with Crippen LogP contribution in [-0.4, -0.2) is 23.9 Å². The average Bonchev–Trinajstić information content (AvgIpc) is 2.72. The maximum absolute atomic E-state index is 11.6. The Labute approximate surface area is 82.0 Å². The van der Waals surface area contributed by atoms with Gasteiger partial charge in [-0.05, 0) is 12.1 Å². The molecule has 0 amide bonds. The predicted molar refractivity (Wildman–Crippen MR) is 52.7 cm³/mol. The Kier molecular flexibility index (Phi) is 2.44. The molecule has 1 fully saturated rings. The van der Waals surface area contributed by atoms with E-state index in [2.05, 4.69) is 15.6 Å². The van der Waals surface area contributed by atoms with Crippen molar-refractivity contribution in [3.05, 3.63) is 42.0 Å². The van der Waals surface area contributed by atoms with Crippen LogP contribution in [0.3, 0.4) is 0 Å². The molecule has 2 heterocycles. The molecule has 1 aromatic heterocycles. The zero-order valence-corrected chi connectivity index (χ0v) is 7.66. The summed E-state index contributed by atoms with van der Waals surface area (Å²) in [5.41, 5.74) is 0.468. The van der Waals surface area contributed by atoms with E-state index < -0.39 is 0 Å². The van der Waals surface area contributed by atoms with Gasteiger partial charge in [0, 0.05) is 25.4 Å². The van der Waals surface area contributed by atoms with Gasteiger partial charge >= 0.3 is 0 Å². The van der Waals surface area contributed by atoms with Crippen molar-refractivity contribution in [1.29, 1.82) is 0 Å². The number of aromatic nitrogens is 1. The van der Waals surface area contributed by atoms with Gasteiger partial charge in [0.25, 0.3) is 0 Å². The lowest BCUT2D eigenvalue weighted by molar-refractivity contribution is 0.104. The monoisotopic (exact) mass is 189 g/mol. The minimum absolute atomic E-state index is 0.0810. The molecule has 0 saturated carbocycles. The Morgan fingerprint density at radius 2 is 2.14 bits per heavy atom. The SMILES string of the molecule is O=C(C=C1NCCN1)c1ccccn1. The largest absolute Gasteiger partial charge is 0.370 e. The number of pyridine rings is 1. The number of allylic oxidation sites excluding steroid dienone is 1. The quantitative estimate of drug-likeness (QED) is 0.519. The van der Waals surface area contributed by atoms with E-state index in [0.29, 0.717) is 5.69 Å². The molecule has 0 atom stereocenters. The van der Waals surface area contributed by atoms with Gasteiger partial charge in [-0.1, -0.05) is 6.07 Å². The van der Waals surface area contributed by atoms with Crippen molar-refractivity contribution in [1.82, 2.24) is 15.6 Å². The summed E-state index contributed by atoms with van der Waals surface area (Å²) in [5, 5.41) is 6.12. The van der Waals surface area contributed by atoms with Crippen LogP contribution in [0.1, 0.15) is 10.5 Å². The molecule has 14 heavy (non-hydrogen) atoms. The summed E-state index contributed by atoms with van der Waals surface area (Å²) in [5.74, 6) is 0.697. The molecule has 72 valence electrons. The number of rotatable bonds is 2. The molecule has 0 aromatic carbocycles. The lowest BCUT2D eigenvalue weighted by atomic mass is 10.2. The summed E-state index contributed by atoms with van der Waals surface area (Å²) in [6.07, 6.45) is 3.15. The smallest absolute Gasteiger partial charge is 0.207 e. The first-order valence-corrected chi connectivity index (χ1v) is 4.51. The van der Waals surface area contributed by atoms with E-state index in [0.717, 1.165) is 18.9 Å². The molecule has 1 aliphatic rings. The lowest BCUT2D eigenvalue weighted by Crippen LogP contribution is -2.12. The van der Waals surface area contributed by atoms with Crippen molar-refractivity contribution < 1.29 is 4.79 Å². The van der Waals surface area contributed by atoms with Crippen LogP contribution in [0.4, 0.5) is 0 Å². The molecule has 0 radical (unpaired) electrons.